The zero-order valence-electron chi connectivity index (χ0n) is 13.7. The maximum Gasteiger partial charge on any atom is 0.348 e. The molecule has 1 aromatic heterocycles. The van der Waals surface area contributed by atoms with E-state index in [2.05, 4.69) is 22.2 Å². The van der Waals surface area contributed by atoms with Crippen LogP contribution in [0.2, 0.25) is 0 Å². The Kier molecular flexibility index (Phi) is 5.26. The lowest BCUT2D eigenvalue weighted by Crippen LogP contribution is -2.12. The van der Waals surface area contributed by atoms with Crippen molar-refractivity contribution >= 4 is 28.9 Å². The Bertz CT molecular complexity index is 887. The lowest BCUT2D eigenvalue weighted by molar-refractivity contribution is 0.0606. The van der Waals surface area contributed by atoms with E-state index in [0.29, 0.717) is 9.75 Å². The molecule has 4 nitrogen and oxygen atoms in total. The maximum atomic E-state index is 12.5. The van der Waals surface area contributed by atoms with E-state index >= 15 is 0 Å². The molecule has 25 heavy (non-hydrogen) atoms. The molecule has 126 valence electrons. The van der Waals surface area contributed by atoms with Crippen molar-refractivity contribution in [2.75, 3.05) is 12.4 Å². The van der Waals surface area contributed by atoms with Crippen LogP contribution in [0.5, 0.6) is 0 Å². The highest BCUT2D eigenvalue weighted by Crippen LogP contribution is 2.22. The van der Waals surface area contributed by atoms with Crippen LogP contribution in [0.15, 0.2) is 66.7 Å². The fraction of sp³-hybridized carbons (Fsp3) is 0.100. The number of anilines is 1. The summed E-state index contributed by atoms with van der Waals surface area (Å²) in [6.45, 7) is 0. The Balaban J connectivity index is 1.77. The Morgan fingerprint density at radius 1 is 0.920 bits per heavy atom. The Morgan fingerprint density at radius 3 is 2.36 bits per heavy atom. The number of benzene rings is 2. The highest BCUT2D eigenvalue weighted by Gasteiger charge is 2.15. The van der Waals surface area contributed by atoms with E-state index in [9.17, 15) is 9.59 Å². The van der Waals surface area contributed by atoms with Crippen LogP contribution < -0.4 is 5.32 Å². The fourth-order valence-corrected chi connectivity index (χ4v) is 3.29. The number of nitrogens with one attached hydrogen (secondary N) is 1. The summed E-state index contributed by atoms with van der Waals surface area (Å²) < 4.78 is 4.67. The van der Waals surface area contributed by atoms with Gasteiger partial charge in [0.1, 0.15) is 4.88 Å². The molecule has 0 spiro atoms. The Labute approximate surface area is 150 Å². The smallest absolute Gasteiger partial charge is 0.348 e. The van der Waals surface area contributed by atoms with Crippen molar-refractivity contribution < 1.29 is 14.3 Å². The quantitative estimate of drug-likeness (QED) is 0.694. The van der Waals surface area contributed by atoms with E-state index in [1.54, 1.807) is 12.1 Å². The Morgan fingerprint density at radius 2 is 1.60 bits per heavy atom. The first-order valence-electron chi connectivity index (χ1n) is 7.78. The third-order valence-corrected chi connectivity index (χ3v) is 4.78. The largest absolute Gasteiger partial charge is 0.465 e. The van der Waals surface area contributed by atoms with Crippen molar-refractivity contribution in [3.8, 4) is 0 Å². The van der Waals surface area contributed by atoms with Crippen LogP contribution in [-0.2, 0) is 11.2 Å². The van der Waals surface area contributed by atoms with Crippen molar-refractivity contribution in [2.45, 2.75) is 6.42 Å². The summed E-state index contributed by atoms with van der Waals surface area (Å²) >= 11 is 1.12. The van der Waals surface area contributed by atoms with Crippen LogP contribution in [0.4, 0.5) is 5.69 Å². The van der Waals surface area contributed by atoms with Crippen LogP contribution in [0, 0.1) is 0 Å². The summed E-state index contributed by atoms with van der Waals surface area (Å²) in [5, 5.41) is 2.94. The van der Waals surface area contributed by atoms with Crippen LogP contribution in [0.25, 0.3) is 0 Å². The average Bonchev–Trinajstić information content (AvgIpc) is 3.14. The number of amides is 1. The highest BCUT2D eigenvalue weighted by atomic mass is 32.1. The van der Waals surface area contributed by atoms with Gasteiger partial charge in [-0.2, -0.15) is 0 Å². The zero-order valence-corrected chi connectivity index (χ0v) is 14.5. The van der Waals surface area contributed by atoms with E-state index in [-0.39, 0.29) is 5.91 Å². The molecular formula is C20H17NO3S. The second-order valence-corrected chi connectivity index (χ2v) is 6.51. The standard InChI is InChI=1S/C20H17NO3S/c1-24-20(23)18-12-11-17(25-18)19(22)21-16-10-6-5-9-15(16)13-14-7-3-2-4-8-14/h2-12H,13H2,1H3,(H,21,22). The van der Waals surface area contributed by atoms with Crippen molar-refractivity contribution in [3.63, 3.8) is 0 Å². The molecule has 3 rings (SSSR count). The molecule has 5 heteroatoms. The molecule has 1 amide bonds. The summed E-state index contributed by atoms with van der Waals surface area (Å²) in [6.07, 6.45) is 0.731. The van der Waals surface area contributed by atoms with Gasteiger partial charge < -0.3 is 10.1 Å². The summed E-state index contributed by atoms with van der Waals surface area (Å²) in [4.78, 5) is 24.9. The van der Waals surface area contributed by atoms with Gasteiger partial charge in [-0.25, -0.2) is 4.79 Å². The minimum atomic E-state index is -0.437. The average molecular weight is 351 g/mol. The van der Waals surface area contributed by atoms with Crippen LogP contribution in [0.1, 0.15) is 30.5 Å². The molecular weight excluding hydrogens is 334 g/mol. The van der Waals surface area contributed by atoms with Gasteiger partial charge in [0.15, 0.2) is 0 Å². The molecule has 0 saturated heterocycles. The van der Waals surface area contributed by atoms with Gasteiger partial charge in [-0.3, -0.25) is 4.79 Å². The van der Waals surface area contributed by atoms with Gasteiger partial charge >= 0.3 is 5.97 Å². The number of hydrogen-bond donors (Lipinski definition) is 1. The minimum Gasteiger partial charge on any atom is -0.465 e. The van der Waals surface area contributed by atoms with Crippen molar-refractivity contribution in [3.05, 3.63) is 87.6 Å². The minimum absolute atomic E-state index is 0.235. The first kappa shape index (κ1) is 16.9. The maximum absolute atomic E-state index is 12.5. The van der Waals surface area contributed by atoms with Crippen molar-refractivity contribution in [1.82, 2.24) is 0 Å². The predicted molar refractivity (Wildman–Crippen MR) is 99.3 cm³/mol. The van der Waals surface area contributed by atoms with Gasteiger partial charge in [0.05, 0.1) is 12.0 Å². The van der Waals surface area contributed by atoms with E-state index in [1.165, 1.54) is 12.7 Å². The number of esters is 1. The third-order valence-electron chi connectivity index (χ3n) is 3.72. The van der Waals surface area contributed by atoms with E-state index in [4.69, 9.17) is 0 Å². The van der Waals surface area contributed by atoms with Gasteiger partial charge in [-0.15, -0.1) is 11.3 Å². The lowest BCUT2D eigenvalue weighted by atomic mass is 10.0. The SMILES string of the molecule is COC(=O)c1ccc(C(=O)Nc2ccccc2Cc2ccccc2)s1. The number of hydrogen-bond acceptors (Lipinski definition) is 4. The first-order chi connectivity index (χ1) is 12.2. The number of ether oxygens (including phenoxy) is 1. The molecule has 0 aliphatic carbocycles. The molecule has 3 aromatic rings. The molecule has 0 bridgehead atoms. The topological polar surface area (TPSA) is 55.4 Å². The summed E-state index contributed by atoms with van der Waals surface area (Å²) in [6, 6.07) is 21.0. The third kappa shape index (κ3) is 4.14. The number of thiophene rings is 1. The monoisotopic (exact) mass is 351 g/mol. The van der Waals surface area contributed by atoms with E-state index in [1.807, 2.05) is 42.5 Å². The first-order valence-corrected chi connectivity index (χ1v) is 8.60. The van der Waals surface area contributed by atoms with Crippen molar-refractivity contribution in [1.29, 1.82) is 0 Å². The number of para-hydroxylation sites is 1. The van der Waals surface area contributed by atoms with Gasteiger partial charge in [0.2, 0.25) is 0 Å². The van der Waals surface area contributed by atoms with Gasteiger partial charge in [0, 0.05) is 5.69 Å². The second kappa shape index (κ2) is 7.77. The fourth-order valence-electron chi connectivity index (χ4n) is 2.47. The predicted octanol–water partition coefficient (Wildman–Crippen LogP) is 4.38. The van der Waals surface area contributed by atoms with Crippen LogP contribution in [-0.4, -0.2) is 19.0 Å². The molecule has 1 N–H and O–H groups in total. The zero-order chi connectivity index (χ0) is 17.6. The van der Waals surface area contributed by atoms with Gasteiger partial charge in [-0.1, -0.05) is 48.5 Å². The van der Waals surface area contributed by atoms with E-state index < -0.39 is 5.97 Å². The summed E-state index contributed by atoms with van der Waals surface area (Å²) in [5.74, 6) is -0.672. The highest BCUT2D eigenvalue weighted by molar-refractivity contribution is 7.16. The molecule has 0 radical (unpaired) electrons. The number of rotatable bonds is 5. The van der Waals surface area contributed by atoms with Gasteiger partial charge in [0.25, 0.3) is 5.91 Å². The molecule has 0 aliphatic rings. The second-order valence-electron chi connectivity index (χ2n) is 5.43. The Hall–Kier alpha value is -2.92. The lowest BCUT2D eigenvalue weighted by Gasteiger charge is -2.10. The number of carbonyl (C=O) groups is 2. The molecule has 0 unspecified atom stereocenters. The summed E-state index contributed by atoms with van der Waals surface area (Å²) in [7, 11) is 1.32. The van der Waals surface area contributed by atoms with Crippen LogP contribution >= 0.6 is 11.3 Å². The number of carbonyl (C=O) groups excluding carboxylic acids is 2. The molecule has 0 atom stereocenters. The molecule has 0 fully saturated rings. The molecule has 0 saturated carbocycles. The number of methoxy groups -OCH3 is 1. The molecule has 2 aromatic carbocycles. The summed E-state index contributed by atoms with van der Waals surface area (Å²) in [5.41, 5.74) is 2.98. The van der Waals surface area contributed by atoms with Gasteiger partial charge in [-0.05, 0) is 35.7 Å². The molecule has 1 heterocycles. The van der Waals surface area contributed by atoms with Crippen molar-refractivity contribution in [2.24, 2.45) is 0 Å². The van der Waals surface area contributed by atoms with E-state index in [0.717, 1.165) is 29.0 Å². The molecule has 0 aliphatic heterocycles. The normalized spacial score (nSPS) is 10.3. The van der Waals surface area contributed by atoms with Crippen LogP contribution in [0.3, 0.4) is 0 Å².